The van der Waals surface area contributed by atoms with Gasteiger partial charge in [-0.2, -0.15) is 5.10 Å². The lowest BCUT2D eigenvalue weighted by Gasteiger charge is -2.06. The molecule has 1 aromatic heterocycles. The van der Waals surface area contributed by atoms with Crippen molar-refractivity contribution in [2.24, 2.45) is 0 Å². The summed E-state index contributed by atoms with van der Waals surface area (Å²) in [7, 11) is 0. The summed E-state index contributed by atoms with van der Waals surface area (Å²) in [4.78, 5) is 11.0. The maximum atomic E-state index is 11.0. The number of nitrogens with one attached hydrogen (secondary N) is 1. The van der Waals surface area contributed by atoms with Gasteiger partial charge in [-0.05, 0) is 11.6 Å². The molecule has 0 amide bonds. The highest BCUT2D eigenvalue weighted by Crippen LogP contribution is 2.11. The smallest absolute Gasteiger partial charge is 0.336 e. The van der Waals surface area contributed by atoms with Crippen molar-refractivity contribution >= 4 is 24.2 Å². The number of carboxylic acids is 1. The second kappa shape index (κ2) is 7.52. The minimum absolute atomic E-state index is 0. The molecule has 3 N–H and O–H groups in total. The molecule has 0 spiro atoms. The van der Waals surface area contributed by atoms with Crippen LogP contribution in [0.2, 0.25) is 0 Å². The lowest BCUT2D eigenvalue weighted by atomic mass is 10.1. The van der Waals surface area contributed by atoms with Crippen LogP contribution in [0.4, 0.5) is 5.82 Å². The highest BCUT2D eigenvalue weighted by Gasteiger charge is 2.08. The summed E-state index contributed by atoms with van der Waals surface area (Å²) in [6.45, 7) is 0.856. The normalized spacial score (nSPS) is 9.85. The molecular formula is C13H16ClN3O3. The first kappa shape index (κ1) is 16.0. The highest BCUT2D eigenvalue weighted by molar-refractivity contribution is 5.89. The van der Waals surface area contributed by atoms with E-state index in [-0.39, 0.29) is 24.6 Å². The van der Waals surface area contributed by atoms with Crippen LogP contribution >= 0.6 is 12.4 Å². The zero-order valence-corrected chi connectivity index (χ0v) is 11.5. The number of aromatic carboxylic acids is 1. The first-order valence-corrected chi connectivity index (χ1v) is 5.90. The zero-order valence-electron chi connectivity index (χ0n) is 10.7. The molecule has 0 atom stereocenters. The summed E-state index contributed by atoms with van der Waals surface area (Å²) in [6, 6.07) is 8.61. The minimum Gasteiger partial charge on any atom is -0.478 e. The maximum Gasteiger partial charge on any atom is 0.336 e. The van der Waals surface area contributed by atoms with Gasteiger partial charge in [0.1, 0.15) is 5.82 Å². The van der Waals surface area contributed by atoms with Crippen LogP contribution < -0.4 is 5.32 Å². The first-order chi connectivity index (χ1) is 9.20. The Morgan fingerprint density at radius 3 is 2.75 bits per heavy atom. The third-order valence-electron chi connectivity index (χ3n) is 2.68. The molecule has 7 heteroatoms. The van der Waals surface area contributed by atoms with E-state index in [1.54, 1.807) is 41.2 Å². The number of hydrogen-bond donors (Lipinski definition) is 3. The second-order valence-corrected chi connectivity index (χ2v) is 4.00. The van der Waals surface area contributed by atoms with Gasteiger partial charge in [0.05, 0.1) is 18.7 Å². The monoisotopic (exact) mass is 297 g/mol. The topological polar surface area (TPSA) is 87.4 Å². The summed E-state index contributed by atoms with van der Waals surface area (Å²) in [5.41, 5.74) is 0.983. The molecule has 0 radical (unpaired) electrons. The lowest BCUT2D eigenvalue weighted by Crippen LogP contribution is -2.08. The predicted molar refractivity (Wildman–Crippen MR) is 77.3 cm³/mol. The van der Waals surface area contributed by atoms with Crippen LogP contribution in [0, 0.1) is 0 Å². The largest absolute Gasteiger partial charge is 0.478 e. The fourth-order valence-electron chi connectivity index (χ4n) is 1.75. The van der Waals surface area contributed by atoms with Gasteiger partial charge in [0.2, 0.25) is 0 Å². The molecule has 108 valence electrons. The molecule has 2 aromatic rings. The Morgan fingerprint density at radius 1 is 1.30 bits per heavy atom. The molecular weight excluding hydrogens is 282 g/mol. The quantitative estimate of drug-likeness (QED) is 0.754. The molecule has 0 aliphatic carbocycles. The third kappa shape index (κ3) is 3.97. The van der Waals surface area contributed by atoms with Gasteiger partial charge < -0.3 is 15.5 Å². The van der Waals surface area contributed by atoms with Crippen LogP contribution in [0.25, 0.3) is 0 Å². The number of aromatic nitrogens is 2. The average Bonchev–Trinajstić information content (AvgIpc) is 2.85. The molecule has 6 nitrogen and oxygen atoms in total. The fraction of sp³-hybridized carbons (Fsp3) is 0.231. The standard InChI is InChI=1S/C13H15N3O3.ClH/c17-8-7-16-6-5-12(15-16)14-9-10-3-1-2-4-11(10)13(18)19;/h1-6,17H,7-9H2,(H,14,15)(H,18,19);1H. The van der Waals surface area contributed by atoms with E-state index in [0.29, 0.717) is 24.5 Å². The van der Waals surface area contributed by atoms with E-state index in [1.807, 2.05) is 0 Å². The molecule has 20 heavy (non-hydrogen) atoms. The predicted octanol–water partition coefficient (Wildman–Crippen LogP) is 1.61. The van der Waals surface area contributed by atoms with E-state index < -0.39 is 5.97 Å². The Morgan fingerprint density at radius 2 is 2.05 bits per heavy atom. The second-order valence-electron chi connectivity index (χ2n) is 4.00. The van der Waals surface area contributed by atoms with Crippen molar-refractivity contribution in [1.29, 1.82) is 0 Å². The van der Waals surface area contributed by atoms with Crippen molar-refractivity contribution in [2.45, 2.75) is 13.1 Å². The summed E-state index contributed by atoms with van der Waals surface area (Å²) in [5, 5.41) is 25.1. The Labute approximate surface area is 122 Å². The summed E-state index contributed by atoms with van der Waals surface area (Å²) in [6.07, 6.45) is 1.75. The minimum atomic E-state index is -0.941. The van der Waals surface area contributed by atoms with E-state index in [2.05, 4.69) is 10.4 Å². The van der Waals surface area contributed by atoms with Gasteiger partial charge in [-0.15, -0.1) is 12.4 Å². The highest BCUT2D eigenvalue weighted by atomic mass is 35.5. The van der Waals surface area contributed by atoms with Crippen LogP contribution in [0.5, 0.6) is 0 Å². The number of hydrogen-bond acceptors (Lipinski definition) is 4. The van der Waals surface area contributed by atoms with Gasteiger partial charge in [0.25, 0.3) is 0 Å². The number of anilines is 1. The van der Waals surface area contributed by atoms with Crippen LogP contribution in [-0.4, -0.2) is 32.6 Å². The first-order valence-electron chi connectivity index (χ1n) is 5.90. The molecule has 0 aliphatic heterocycles. The number of halogens is 1. The molecule has 0 fully saturated rings. The Hall–Kier alpha value is -2.05. The Kier molecular flexibility index (Phi) is 6.02. The van der Waals surface area contributed by atoms with Gasteiger partial charge in [0, 0.05) is 18.8 Å². The van der Waals surface area contributed by atoms with Gasteiger partial charge in [-0.1, -0.05) is 18.2 Å². The Bertz CT molecular complexity index is 571. The number of rotatable bonds is 6. The summed E-state index contributed by atoms with van der Waals surface area (Å²) < 4.78 is 1.62. The number of nitrogens with zero attached hydrogens (tertiary/aromatic N) is 2. The van der Waals surface area contributed by atoms with E-state index >= 15 is 0 Å². The van der Waals surface area contributed by atoms with Crippen LogP contribution in [-0.2, 0) is 13.1 Å². The van der Waals surface area contributed by atoms with Crippen molar-refractivity contribution in [3.8, 4) is 0 Å². The molecule has 0 aliphatic rings. The van der Waals surface area contributed by atoms with E-state index in [1.165, 1.54) is 0 Å². The van der Waals surface area contributed by atoms with Gasteiger partial charge in [-0.25, -0.2) is 4.79 Å². The molecule has 1 aromatic carbocycles. The molecule has 0 saturated carbocycles. The number of aliphatic hydroxyl groups is 1. The van der Waals surface area contributed by atoms with Gasteiger partial charge in [0.15, 0.2) is 0 Å². The fourth-order valence-corrected chi connectivity index (χ4v) is 1.75. The van der Waals surface area contributed by atoms with E-state index in [9.17, 15) is 4.79 Å². The van der Waals surface area contributed by atoms with Crippen molar-refractivity contribution in [3.63, 3.8) is 0 Å². The molecule has 2 rings (SSSR count). The molecule has 0 unspecified atom stereocenters. The molecule has 1 heterocycles. The van der Waals surface area contributed by atoms with Gasteiger partial charge >= 0.3 is 5.97 Å². The lowest BCUT2D eigenvalue weighted by molar-refractivity contribution is 0.0696. The number of aliphatic hydroxyl groups excluding tert-OH is 1. The van der Waals surface area contributed by atoms with Crippen molar-refractivity contribution < 1.29 is 15.0 Å². The van der Waals surface area contributed by atoms with Crippen LogP contribution in [0.1, 0.15) is 15.9 Å². The van der Waals surface area contributed by atoms with Crippen molar-refractivity contribution in [1.82, 2.24) is 9.78 Å². The van der Waals surface area contributed by atoms with Crippen LogP contribution in [0.3, 0.4) is 0 Å². The number of carbonyl (C=O) groups is 1. The van der Waals surface area contributed by atoms with Crippen molar-refractivity contribution in [3.05, 3.63) is 47.7 Å². The summed E-state index contributed by atoms with van der Waals surface area (Å²) in [5.74, 6) is -0.295. The summed E-state index contributed by atoms with van der Waals surface area (Å²) >= 11 is 0. The third-order valence-corrected chi connectivity index (χ3v) is 2.68. The maximum absolute atomic E-state index is 11.0. The van der Waals surface area contributed by atoms with E-state index in [0.717, 1.165) is 0 Å². The van der Waals surface area contributed by atoms with Crippen LogP contribution in [0.15, 0.2) is 36.5 Å². The molecule has 0 bridgehead atoms. The average molecular weight is 298 g/mol. The van der Waals surface area contributed by atoms with Gasteiger partial charge in [-0.3, -0.25) is 4.68 Å². The zero-order chi connectivity index (χ0) is 13.7. The van der Waals surface area contributed by atoms with E-state index in [4.69, 9.17) is 10.2 Å². The number of benzene rings is 1. The SMILES string of the molecule is Cl.O=C(O)c1ccccc1CNc1ccn(CCO)n1. The molecule has 0 saturated heterocycles. The number of carboxylic acid groups (broad SMARTS) is 1. The van der Waals surface area contributed by atoms with Crippen molar-refractivity contribution in [2.75, 3.05) is 11.9 Å². The Balaban J connectivity index is 0.00000200.